The van der Waals surface area contributed by atoms with Crippen LogP contribution in [0.1, 0.15) is 39.5 Å². The highest BCUT2D eigenvalue weighted by atomic mass is 16.3. The number of aryl methyl sites for hydroxylation is 1. The zero-order valence-corrected chi connectivity index (χ0v) is 14.6. The van der Waals surface area contributed by atoms with E-state index in [9.17, 15) is 4.79 Å². The van der Waals surface area contributed by atoms with Gasteiger partial charge in [0.15, 0.2) is 0 Å². The summed E-state index contributed by atoms with van der Waals surface area (Å²) in [5, 5.41) is 0. The molecule has 0 radical (unpaired) electrons. The maximum Gasteiger partial charge on any atom is 0.254 e. The number of carbonyl (C=O) groups is 1. The number of amides is 1. The maximum absolute atomic E-state index is 12.8. The number of nitrogens with zero attached hydrogens (tertiary/aromatic N) is 3. The van der Waals surface area contributed by atoms with Gasteiger partial charge in [-0.3, -0.25) is 9.78 Å². The first-order valence-electron chi connectivity index (χ1n) is 8.94. The van der Waals surface area contributed by atoms with Crippen molar-refractivity contribution in [3.05, 3.63) is 71.4 Å². The molecule has 0 bridgehead atoms. The third kappa shape index (κ3) is 2.51. The van der Waals surface area contributed by atoms with Gasteiger partial charge in [0.25, 0.3) is 5.91 Å². The van der Waals surface area contributed by atoms with Gasteiger partial charge < -0.3 is 9.32 Å². The third-order valence-electron chi connectivity index (χ3n) is 5.40. The number of benzene rings is 1. The van der Waals surface area contributed by atoms with Crippen LogP contribution in [0.2, 0.25) is 0 Å². The van der Waals surface area contributed by atoms with Crippen molar-refractivity contribution in [1.82, 2.24) is 14.9 Å². The Morgan fingerprint density at radius 1 is 1.19 bits per heavy atom. The number of hydrogen-bond acceptors (Lipinski definition) is 4. The minimum atomic E-state index is 0.107. The van der Waals surface area contributed by atoms with Crippen LogP contribution < -0.4 is 0 Å². The molecule has 1 aliphatic heterocycles. The molecule has 3 aromatic rings. The molecule has 5 heteroatoms. The molecule has 2 atom stereocenters. The van der Waals surface area contributed by atoms with E-state index in [0.29, 0.717) is 24.3 Å². The van der Waals surface area contributed by atoms with E-state index in [1.54, 1.807) is 12.5 Å². The van der Waals surface area contributed by atoms with Gasteiger partial charge in [0, 0.05) is 42.0 Å². The summed E-state index contributed by atoms with van der Waals surface area (Å²) in [6.45, 7) is 3.45. The maximum atomic E-state index is 12.8. The Hall–Kier alpha value is -2.95. The lowest BCUT2D eigenvalue weighted by atomic mass is 10.0. The molecule has 3 heterocycles. The first-order valence-corrected chi connectivity index (χ1v) is 8.94. The zero-order valence-electron chi connectivity index (χ0n) is 14.6. The second-order valence-electron chi connectivity index (χ2n) is 7.22. The Labute approximate surface area is 151 Å². The second kappa shape index (κ2) is 5.80. The molecule has 26 heavy (non-hydrogen) atoms. The first-order chi connectivity index (χ1) is 12.7. The minimum Gasteiger partial charge on any atom is -0.445 e. The zero-order chi connectivity index (χ0) is 17.7. The predicted molar refractivity (Wildman–Crippen MR) is 96.5 cm³/mol. The quantitative estimate of drug-likeness (QED) is 0.721. The van der Waals surface area contributed by atoms with Gasteiger partial charge in [-0.05, 0) is 48.6 Å². The Morgan fingerprint density at radius 3 is 2.85 bits per heavy atom. The van der Waals surface area contributed by atoms with Gasteiger partial charge >= 0.3 is 0 Å². The molecule has 1 fully saturated rings. The number of pyridine rings is 1. The van der Waals surface area contributed by atoms with Crippen molar-refractivity contribution in [3.63, 3.8) is 0 Å². The average Bonchev–Trinajstić information content (AvgIpc) is 3.06. The van der Waals surface area contributed by atoms with Crippen molar-refractivity contribution in [2.75, 3.05) is 6.54 Å². The molecule has 130 valence electrons. The van der Waals surface area contributed by atoms with E-state index in [4.69, 9.17) is 4.42 Å². The van der Waals surface area contributed by atoms with Crippen molar-refractivity contribution in [3.8, 4) is 11.5 Å². The predicted octanol–water partition coefficient (Wildman–Crippen LogP) is 3.80. The summed E-state index contributed by atoms with van der Waals surface area (Å²) >= 11 is 0. The summed E-state index contributed by atoms with van der Waals surface area (Å²) in [6, 6.07) is 9.99. The van der Waals surface area contributed by atoms with Crippen LogP contribution in [0.3, 0.4) is 0 Å². The Kier molecular flexibility index (Phi) is 3.42. The van der Waals surface area contributed by atoms with Crippen molar-refractivity contribution in [2.24, 2.45) is 5.92 Å². The Bertz CT molecular complexity index is 963. The van der Waals surface area contributed by atoms with Gasteiger partial charge in [0.2, 0.25) is 5.89 Å². The van der Waals surface area contributed by atoms with Crippen molar-refractivity contribution < 1.29 is 9.21 Å². The molecule has 1 saturated carbocycles. The van der Waals surface area contributed by atoms with E-state index < -0.39 is 0 Å². The highest BCUT2D eigenvalue weighted by Gasteiger charge is 2.43. The van der Waals surface area contributed by atoms with Crippen LogP contribution in [0.15, 0.2) is 53.4 Å². The summed E-state index contributed by atoms with van der Waals surface area (Å²) in [7, 11) is 0. The number of fused-ring (bicyclic) bond motifs is 1. The minimum absolute atomic E-state index is 0.107. The van der Waals surface area contributed by atoms with Crippen molar-refractivity contribution >= 4 is 5.91 Å². The lowest BCUT2D eigenvalue weighted by Gasteiger charge is -2.15. The average molecular weight is 345 g/mol. The summed E-state index contributed by atoms with van der Waals surface area (Å²) in [6.07, 6.45) is 6.21. The Balaban J connectivity index is 1.34. The highest BCUT2D eigenvalue weighted by Crippen LogP contribution is 2.48. The lowest BCUT2D eigenvalue weighted by Crippen LogP contribution is -2.26. The monoisotopic (exact) mass is 345 g/mol. The summed E-state index contributed by atoms with van der Waals surface area (Å²) < 4.78 is 5.44. The van der Waals surface area contributed by atoms with E-state index in [2.05, 4.69) is 22.1 Å². The fourth-order valence-electron chi connectivity index (χ4n) is 3.89. The van der Waals surface area contributed by atoms with E-state index in [0.717, 1.165) is 35.3 Å². The van der Waals surface area contributed by atoms with E-state index in [1.807, 2.05) is 36.2 Å². The number of carbonyl (C=O) groups excluding carboxylic acids is 1. The topological polar surface area (TPSA) is 59.2 Å². The van der Waals surface area contributed by atoms with Gasteiger partial charge in [0.1, 0.15) is 6.26 Å². The summed E-state index contributed by atoms with van der Waals surface area (Å²) in [5.74, 6) is 1.65. The molecular formula is C21H19N3O2. The Morgan fingerprint density at radius 2 is 2.08 bits per heavy atom. The van der Waals surface area contributed by atoms with Crippen LogP contribution in [-0.2, 0) is 6.54 Å². The second-order valence-corrected chi connectivity index (χ2v) is 7.22. The number of hydrogen-bond donors (Lipinski definition) is 0. The number of aromatic nitrogens is 2. The standard InChI is InChI=1S/C21H19N3O2/c1-13-5-6-19(23-10-13)17-9-14(17)11-24-12-18-15(20-22-7-8-26-20)3-2-4-16(18)21(24)25/h2-8,10,14,17H,9,11-12H2,1H3/t14-,17+/m1/s1. The summed E-state index contributed by atoms with van der Waals surface area (Å²) in [5.41, 5.74) is 5.02. The van der Waals surface area contributed by atoms with Gasteiger partial charge in [-0.1, -0.05) is 12.1 Å². The lowest BCUT2D eigenvalue weighted by molar-refractivity contribution is 0.0770. The SMILES string of the molecule is Cc1ccc([C@H]2C[C@@H]2CN2Cc3c(cccc3-c3ncco3)C2=O)nc1. The van der Waals surface area contributed by atoms with E-state index in [1.165, 1.54) is 5.56 Å². The number of oxazole rings is 1. The van der Waals surface area contributed by atoms with Gasteiger partial charge in [-0.15, -0.1) is 0 Å². The van der Waals surface area contributed by atoms with E-state index in [-0.39, 0.29) is 5.91 Å². The molecular weight excluding hydrogens is 326 g/mol. The van der Waals surface area contributed by atoms with Crippen LogP contribution in [-0.4, -0.2) is 27.3 Å². The van der Waals surface area contributed by atoms with Gasteiger partial charge in [-0.25, -0.2) is 4.98 Å². The largest absolute Gasteiger partial charge is 0.445 e. The molecule has 5 rings (SSSR count). The molecule has 2 aromatic heterocycles. The highest BCUT2D eigenvalue weighted by molar-refractivity contribution is 6.00. The van der Waals surface area contributed by atoms with Crippen LogP contribution in [0, 0.1) is 12.8 Å². The fourth-order valence-corrected chi connectivity index (χ4v) is 3.89. The van der Waals surface area contributed by atoms with Crippen LogP contribution in [0.25, 0.3) is 11.5 Å². The van der Waals surface area contributed by atoms with E-state index >= 15 is 0 Å². The van der Waals surface area contributed by atoms with Crippen molar-refractivity contribution in [2.45, 2.75) is 25.8 Å². The molecule has 1 aromatic carbocycles. The van der Waals surface area contributed by atoms with Gasteiger partial charge in [-0.2, -0.15) is 0 Å². The summed E-state index contributed by atoms with van der Waals surface area (Å²) in [4.78, 5) is 23.6. The van der Waals surface area contributed by atoms with Crippen LogP contribution in [0.5, 0.6) is 0 Å². The third-order valence-corrected chi connectivity index (χ3v) is 5.40. The van der Waals surface area contributed by atoms with Crippen LogP contribution >= 0.6 is 0 Å². The molecule has 0 saturated heterocycles. The smallest absolute Gasteiger partial charge is 0.254 e. The van der Waals surface area contributed by atoms with Crippen LogP contribution in [0.4, 0.5) is 0 Å². The molecule has 0 spiro atoms. The molecule has 1 aliphatic carbocycles. The van der Waals surface area contributed by atoms with Gasteiger partial charge in [0.05, 0.1) is 6.20 Å². The van der Waals surface area contributed by atoms with Crippen molar-refractivity contribution in [1.29, 1.82) is 0 Å². The molecule has 1 amide bonds. The molecule has 0 unspecified atom stereocenters. The molecule has 0 N–H and O–H groups in total. The molecule has 2 aliphatic rings. The number of rotatable bonds is 4. The normalized spacial score (nSPS) is 21.1. The first kappa shape index (κ1) is 15.3. The molecule has 5 nitrogen and oxygen atoms in total. The fraction of sp³-hybridized carbons (Fsp3) is 0.286.